The maximum absolute atomic E-state index is 12.2. The molecule has 0 heterocycles. The zero-order chi connectivity index (χ0) is 19.3. The number of hydrogen-bond acceptors (Lipinski definition) is 3. The molecule has 1 N–H and O–H groups in total. The Balaban J connectivity index is 2.01. The second kappa shape index (κ2) is 8.95. The molecule has 0 atom stereocenters. The number of sulfonamides is 1. The Labute approximate surface area is 167 Å². The van der Waals surface area contributed by atoms with E-state index in [-0.39, 0.29) is 22.3 Å². The number of nitrogens with one attached hydrogen (secondary N) is 1. The van der Waals surface area contributed by atoms with Gasteiger partial charge in [-0.05, 0) is 42.3 Å². The molecule has 2 aromatic rings. The van der Waals surface area contributed by atoms with Gasteiger partial charge in [0.2, 0.25) is 15.9 Å². The number of nitrogens with zero attached hydrogens (tertiary/aromatic N) is 1. The molecule has 0 aliphatic heterocycles. The lowest BCUT2D eigenvalue weighted by Gasteiger charge is -2.22. The first-order valence-corrected chi connectivity index (χ1v) is 10.6. The average molecular weight is 436 g/mol. The molecule has 0 unspecified atom stereocenters. The van der Waals surface area contributed by atoms with E-state index in [2.05, 4.69) is 5.32 Å². The minimum absolute atomic E-state index is 0.234. The van der Waals surface area contributed by atoms with Crippen LogP contribution in [-0.2, 0) is 21.2 Å². The topological polar surface area (TPSA) is 66.5 Å². The average Bonchev–Trinajstić information content (AvgIpc) is 2.52. The van der Waals surface area contributed by atoms with Crippen molar-refractivity contribution < 1.29 is 13.2 Å². The van der Waals surface area contributed by atoms with Crippen LogP contribution in [0.25, 0.3) is 0 Å². The number of benzene rings is 2. The number of halogens is 3. The van der Waals surface area contributed by atoms with Gasteiger partial charge in [-0.2, -0.15) is 0 Å². The van der Waals surface area contributed by atoms with Crippen LogP contribution in [0, 0.1) is 0 Å². The van der Waals surface area contributed by atoms with Crippen LogP contribution in [-0.4, -0.2) is 33.7 Å². The molecule has 140 valence electrons. The summed E-state index contributed by atoms with van der Waals surface area (Å²) in [6, 6.07) is 11.6. The number of anilines is 1. The van der Waals surface area contributed by atoms with Crippen molar-refractivity contribution in [3.8, 4) is 0 Å². The third kappa shape index (κ3) is 6.36. The number of carbonyl (C=O) groups is 1. The molecule has 0 saturated heterocycles. The van der Waals surface area contributed by atoms with Crippen LogP contribution in [0.15, 0.2) is 42.5 Å². The summed E-state index contributed by atoms with van der Waals surface area (Å²) in [7, 11) is -3.69. The fourth-order valence-corrected chi connectivity index (χ4v) is 3.75. The first-order valence-electron chi connectivity index (χ1n) is 7.60. The number of rotatable bonds is 7. The van der Waals surface area contributed by atoms with Crippen molar-refractivity contribution in [2.75, 3.05) is 23.7 Å². The lowest BCUT2D eigenvalue weighted by atomic mass is 10.1. The molecule has 5 nitrogen and oxygen atoms in total. The molecule has 26 heavy (non-hydrogen) atoms. The van der Waals surface area contributed by atoms with E-state index in [9.17, 15) is 13.2 Å². The summed E-state index contributed by atoms with van der Waals surface area (Å²) in [4.78, 5) is 12.2. The molecule has 1 amide bonds. The summed E-state index contributed by atoms with van der Waals surface area (Å²) < 4.78 is 25.1. The molecule has 9 heteroatoms. The van der Waals surface area contributed by atoms with Gasteiger partial charge in [-0.3, -0.25) is 9.10 Å². The van der Waals surface area contributed by atoms with Crippen molar-refractivity contribution in [2.45, 2.75) is 6.42 Å². The highest BCUT2D eigenvalue weighted by atomic mass is 35.5. The molecular weight excluding hydrogens is 419 g/mol. The van der Waals surface area contributed by atoms with Crippen molar-refractivity contribution >= 4 is 56.4 Å². The van der Waals surface area contributed by atoms with Gasteiger partial charge in [-0.25, -0.2) is 8.42 Å². The van der Waals surface area contributed by atoms with Gasteiger partial charge >= 0.3 is 0 Å². The molecule has 0 radical (unpaired) electrons. The van der Waals surface area contributed by atoms with Gasteiger partial charge in [0.15, 0.2) is 0 Å². The standard InChI is InChI=1S/C17H17Cl3N2O3S/c1-26(24,25)22(16-9-14(19)8-15(20)10-16)11-17(23)21-7-6-12-2-4-13(18)5-3-12/h2-5,8-10H,6-7,11H2,1H3,(H,21,23). The zero-order valence-corrected chi connectivity index (χ0v) is 17.0. The second-order valence-electron chi connectivity index (χ2n) is 5.62. The minimum Gasteiger partial charge on any atom is -0.354 e. The van der Waals surface area contributed by atoms with Crippen LogP contribution in [0.2, 0.25) is 15.1 Å². The minimum atomic E-state index is -3.69. The highest BCUT2D eigenvalue weighted by Crippen LogP contribution is 2.26. The van der Waals surface area contributed by atoms with Gasteiger partial charge < -0.3 is 5.32 Å². The van der Waals surface area contributed by atoms with Crippen LogP contribution < -0.4 is 9.62 Å². The number of amides is 1. The van der Waals surface area contributed by atoms with E-state index >= 15 is 0 Å². The Kier molecular flexibility index (Phi) is 7.17. The van der Waals surface area contributed by atoms with Crippen molar-refractivity contribution in [1.82, 2.24) is 5.32 Å². The summed E-state index contributed by atoms with van der Waals surface area (Å²) in [5.74, 6) is -0.430. The van der Waals surface area contributed by atoms with Crippen LogP contribution >= 0.6 is 34.8 Å². The van der Waals surface area contributed by atoms with Crippen molar-refractivity contribution in [2.24, 2.45) is 0 Å². The molecule has 0 bridgehead atoms. The predicted octanol–water partition coefficient (Wildman–Crippen LogP) is 3.77. The number of carbonyl (C=O) groups excluding carboxylic acids is 1. The molecule has 0 fully saturated rings. The summed E-state index contributed by atoms with van der Waals surface area (Å²) in [5, 5.41) is 3.91. The summed E-state index contributed by atoms with van der Waals surface area (Å²) in [5.41, 5.74) is 1.24. The Bertz CT molecular complexity index is 866. The third-order valence-corrected chi connectivity index (χ3v) is 5.30. The van der Waals surface area contributed by atoms with E-state index < -0.39 is 15.9 Å². The Morgan fingerprint density at radius 1 is 1.00 bits per heavy atom. The van der Waals surface area contributed by atoms with Crippen LogP contribution in [0.3, 0.4) is 0 Å². The van der Waals surface area contributed by atoms with Gasteiger partial charge in [0.25, 0.3) is 0 Å². The molecule has 0 spiro atoms. The largest absolute Gasteiger partial charge is 0.354 e. The van der Waals surface area contributed by atoms with Crippen molar-refractivity contribution in [3.05, 3.63) is 63.1 Å². The van der Waals surface area contributed by atoms with Crippen LogP contribution in [0.1, 0.15) is 5.56 Å². The first kappa shape index (κ1) is 20.8. The Morgan fingerprint density at radius 3 is 2.12 bits per heavy atom. The summed E-state index contributed by atoms with van der Waals surface area (Å²) in [6.45, 7) is 0.00446. The fourth-order valence-electron chi connectivity index (χ4n) is 2.27. The molecular formula is C17H17Cl3N2O3S. The Morgan fingerprint density at radius 2 is 1.58 bits per heavy atom. The smallest absolute Gasteiger partial charge is 0.240 e. The molecule has 2 rings (SSSR count). The quantitative estimate of drug-likeness (QED) is 0.720. The van der Waals surface area contributed by atoms with Gasteiger partial charge in [-0.15, -0.1) is 0 Å². The predicted molar refractivity (Wildman–Crippen MR) is 107 cm³/mol. The summed E-state index contributed by atoms with van der Waals surface area (Å²) >= 11 is 17.7. The van der Waals surface area contributed by atoms with Gasteiger partial charge in [0.1, 0.15) is 6.54 Å². The first-order chi connectivity index (χ1) is 12.1. The number of hydrogen-bond donors (Lipinski definition) is 1. The van der Waals surface area contributed by atoms with Crippen LogP contribution in [0.5, 0.6) is 0 Å². The lowest BCUT2D eigenvalue weighted by Crippen LogP contribution is -2.41. The van der Waals surface area contributed by atoms with E-state index in [4.69, 9.17) is 34.8 Å². The van der Waals surface area contributed by atoms with Crippen LogP contribution in [0.4, 0.5) is 5.69 Å². The zero-order valence-electron chi connectivity index (χ0n) is 13.9. The summed E-state index contributed by atoms with van der Waals surface area (Å²) in [6.07, 6.45) is 1.62. The highest BCUT2D eigenvalue weighted by molar-refractivity contribution is 7.92. The molecule has 0 aliphatic rings. The van der Waals surface area contributed by atoms with E-state index in [1.165, 1.54) is 18.2 Å². The third-order valence-electron chi connectivity index (χ3n) is 3.47. The van der Waals surface area contributed by atoms with E-state index in [0.717, 1.165) is 16.1 Å². The van der Waals surface area contributed by atoms with Gasteiger partial charge in [-0.1, -0.05) is 46.9 Å². The maximum atomic E-state index is 12.2. The molecule has 0 aromatic heterocycles. The second-order valence-corrected chi connectivity index (χ2v) is 8.84. The van der Waals surface area contributed by atoms with Crippen molar-refractivity contribution in [3.63, 3.8) is 0 Å². The van der Waals surface area contributed by atoms with Crippen molar-refractivity contribution in [1.29, 1.82) is 0 Å². The van der Waals surface area contributed by atoms with E-state index in [0.29, 0.717) is 18.0 Å². The monoisotopic (exact) mass is 434 g/mol. The van der Waals surface area contributed by atoms with E-state index in [1.54, 1.807) is 12.1 Å². The normalized spacial score (nSPS) is 11.2. The fraction of sp³-hybridized carbons (Fsp3) is 0.235. The highest BCUT2D eigenvalue weighted by Gasteiger charge is 2.21. The van der Waals surface area contributed by atoms with Gasteiger partial charge in [0.05, 0.1) is 11.9 Å². The lowest BCUT2D eigenvalue weighted by molar-refractivity contribution is -0.119. The molecule has 2 aromatic carbocycles. The SMILES string of the molecule is CS(=O)(=O)N(CC(=O)NCCc1ccc(Cl)cc1)c1cc(Cl)cc(Cl)c1. The molecule has 0 saturated carbocycles. The van der Waals surface area contributed by atoms with Gasteiger partial charge in [0, 0.05) is 21.6 Å². The maximum Gasteiger partial charge on any atom is 0.240 e. The molecule has 0 aliphatic carbocycles. The Hall–Kier alpha value is -1.47. The van der Waals surface area contributed by atoms with E-state index in [1.807, 2.05) is 12.1 Å².